The molecule has 1 aliphatic carbocycles. The molecule has 7 heterocycles. The molecular weight excluding hydrogens is 814 g/mol. The monoisotopic (exact) mass is 862 g/mol. The number of halogens is 3. The molecule has 5 aliphatic rings. The number of ether oxygens (including phenoxy) is 4. The molecule has 3 saturated heterocycles. The van der Waals surface area contributed by atoms with Crippen LogP contribution >= 0.6 is 11.3 Å². The molecule has 2 bridgehead atoms. The molecular formula is C43H49F3N8O6S. The Balaban J connectivity index is 1.16. The third kappa shape index (κ3) is 7.77. The highest BCUT2D eigenvalue weighted by Crippen LogP contribution is 2.50. The summed E-state index contributed by atoms with van der Waals surface area (Å²) in [6.07, 6.45) is 3.10. The highest BCUT2D eigenvalue weighted by Gasteiger charge is 2.48. The number of alkyl halides is 1. The largest absolute Gasteiger partial charge is 0.463 e. The highest BCUT2D eigenvalue weighted by molar-refractivity contribution is 7.23. The van der Waals surface area contributed by atoms with E-state index in [4.69, 9.17) is 28.9 Å². The molecule has 0 spiro atoms. The first-order valence-corrected chi connectivity index (χ1v) is 21.6. The molecule has 2 atom stereocenters. The third-order valence-electron chi connectivity index (χ3n) is 12.0. The van der Waals surface area contributed by atoms with Gasteiger partial charge in [-0.15, -0.1) is 11.3 Å². The first-order chi connectivity index (χ1) is 28.9. The number of hydrogen-bond acceptors (Lipinski definition) is 13. The molecule has 2 amide bonds. The number of benzene rings is 1. The zero-order valence-corrected chi connectivity index (χ0v) is 35.9. The second kappa shape index (κ2) is 15.1. The van der Waals surface area contributed by atoms with Crippen LogP contribution in [0.5, 0.6) is 6.01 Å². The lowest BCUT2D eigenvalue weighted by atomic mass is 9.93. The second-order valence-electron chi connectivity index (χ2n) is 19.1. The minimum absolute atomic E-state index is 0.00127. The van der Waals surface area contributed by atoms with Gasteiger partial charge in [-0.25, -0.2) is 18.4 Å². The highest BCUT2D eigenvalue weighted by atomic mass is 32.1. The fourth-order valence-electron chi connectivity index (χ4n) is 9.19. The van der Waals surface area contributed by atoms with E-state index < -0.39 is 35.0 Å². The molecule has 3 aromatic heterocycles. The van der Waals surface area contributed by atoms with E-state index in [9.17, 15) is 19.2 Å². The van der Waals surface area contributed by atoms with Crippen molar-refractivity contribution in [3.8, 4) is 23.3 Å². The van der Waals surface area contributed by atoms with Crippen molar-refractivity contribution in [3.05, 3.63) is 34.5 Å². The summed E-state index contributed by atoms with van der Waals surface area (Å²) in [6.45, 7) is 13.5. The van der Waals surface area contributed by atoms with Crippen molar-refractivity contribution in [2.45, 2.75) is 104 Å². The number of anilines is 2. The molecule has 4 aromatic rings. The number of aromatic nitrogens is 3. The number of thiophene rings is 1. The number of hydrogen-bond donors (Lipinski definition) is 1. The summed E-state index contributed by atoms with van der Waals surface area (Å²) in [4.78, 5) is 46.5. The van der Waals surface area contributed by atoms with Crippen LogP contribution in [-0.4, -0.2) is 106 Å². The number of rotatable bonds is 9. The van der Waals surface area contributed by atoms with Gasteiger partial charge >= 0.3 is 18.2 Å². The molecule has 0 radical (unpaired) electrons. The van der Waals surface area contributed by atoms with Crippen molar-refractivity contribution < 1.29 is 41.7 Å². The summed E-state index contributed by atoms with van der Waals surface area (Å²) >= 11 is 0.829. The van der Waals surface area contributed by atoms with Gasteiger partial charge in [0, 0.05) is 67.1 Å². The van der Waals surface area contributed by atoms with Gasteiger partial charge in [0.05, 0.1) is 54.0 Å². The van der Waals surface area contributed by atoms with E-state index in [1.807, 2.05) is 20.8 Å². The first kappa shape index (κ1) is 41.4. The average Bonchev–Trinajstić information content (AvgIpc) is 3.44. The number of nitrogens with zero attached hydrogens (tertiary/aromatic N) is 7. The van der Waals surface area contributed by atoms with Crippen molar-refractivity contribution in [1.82, 2.24) is 24.8 Å². The Morgan fingerprint density at radius 3 is 2.33 bits per heavy atom. The molecule has 324 valence electrons. The SMILES string of the molecule is CC(C)(C)OC(=O)Nc1sc2c(F)cnc(-c3c4c(c5c(N6C7CCC6CN(C(=O)OC(C)(C)C)C7)nc(OCC6(CN7CC(CF)C7)CC6)nc5c3F)COC4)c2c1C#N. The van der Waals surface area contributed by atoms with Crippen LogP contribution in [0.2, 0.25) is 0 Å². The molecule has 4 aliphatic heterocycles. The minimum Gasteiger partial charge on any atom is -0.463 e. The molecule has 18 heteroatoms. The van der Waals surface area contributed by atoms with Crippen LogP contribution in [0, 0.1) is 34.3 Å². The molecule has 1 aromatic carbocycles. The quantitative estimate of drug-likeness (QED) is 0.173. The van der Waals surface area contributed by atoms with E-state index in [0.717, 1.165) is 49.8 Å². The van der Waals surface area contributed by atoms with Crippen LogP contribution < -0.4 is 15.0 Å². The normalized spacial score (nSPS) is 21.0. The summed E-state index contributed by atoms with van der Waals surface area (Å²) in [5.41, 5.74) is -0.742. The topological polar surface area (TPSA) is 155 Å². The first-order valence-electron chi connectivity index (χ1n) is 20.8. The van der Waals surface area contributed by atoms with Gasteiger partial charge in [0.1, 0.15) is 33.6 Å². The number of piperazine rings is 1. The van der Waals surface area contributed by atoms with Crippen LogP contribution in [0.25, 0.3) is 32.2 Å². The Morgan fingerprint density at radius 2 is 1.69 bits per heavy atom. The maximum Gasteiger partial charge on any atom is 0.412 e. The van der Waals surface area contributed by atoms with Crippen LogP contribution in [-0.2, 0) is 27.4 Å². The Bertz CT molecular complexity index is 2470. The predicted octanol–water partition coefficient (Wildman–Crippen LogP) is 8.08. The van der Waals surface area contributed by atoms with E-state index in [-0.39, 0.29) is 93.3 Å². The van der Waals surface area contributed by atoms with Gasteiger partial charge in [-0.05, 0) is 78.4 Å². The van der Waals surface area contributed by atoms with E-state index in [2.05, 4.69) is 26.2 Å². The number of carbonyl (C=O) groups is 2. The number of carbonyl (C=O) groups excluding carboxylic acids is 2. The molecule has 1 saturated carbocycles. The number of amides is 2. The fourth-order valence-corrected chi connectivity index (χ4v) is 10.2. The smallest absolute Gasteiger partial charge is 0.412 e. The minimum atomic E-state index is -0.845. The number of fused-ring (bicyclic) bond motifs is 6. The zero-order chi connectivity index (χ0) is 43.2. The van der Waals surface area contributed by atoms with Crippen molar-refractivity contribution in [1.29, 1.82) is 5.26 Å². The maximum atomic E-state index is 17.9. The van der Waals surface area contributed by atoms with Gasteiger partial charge in [0.2, 0.25) is 0 Å². The van der Waals surface area contributed by atoms with E-state index in [1.54, 1.807) is 25.7 Å². The lowest BCUT2D eigenvalue weighted by molar-refractivity contribution is 0.0209. The van der Waals surface area contributed by atoms with Crippen LogP contribution in [0.1, 0.15) is 83.9 Å². The summed E-state index contributed by atoms with van der Waals surface area (Å²) in [6, 6.07) is 1.73. The molecule has 4 fully saturated rings. The van der Waals surface area contributed by atoms with E-state index >= 15 is 8.78 Å². The Labute approximate surface area is 355 Å². The fraction of sp³-hybridized carbons (Fsp3) is 0.581. The van der Waals surface area contributed by atoms with Gasteiger partial charge < -0.3 is 33.6 Å². The van der Waals surface area contributed by atoms with E-state index in [0.29, 0.717) is 48.5 Å². The number of likely N-dealkylation sites (tertiary alicyclic amines) is 2. The second-order valence-corrected chi connectivity index (χ2v) is 20.1. The van der Waals surface area contributed by atoms with Crippen molar-refractivity contribution >= 4 is 55.3 Å². The average molecular weight is 863 g/mol. The molecule has 61 heavy (non-hydrogen) atoms. The number of nitriles is 1. The van der Waals surface area contributed by atoms with Crippen LogP contribution in [0.15, 0.2) is 6.20 Å². The maximum absolute atomic E-state index is 17.9. The van der Waals surface area contributed by atoms with Gasteiger partial charge in [-0.2, -0.15) is 15.2 Å². The predicted molar refractivity (Wildman–Crippen MR) is 221 cm³/mol. The van der Waals surface area contributed by atoms with Gasteiger partial charge in [-0.3, -0.25) is 14.7 Å². The summed E-state index contributed by atoms with van der Waals surface area (Å²) in [5, 5.41) is 13.5. The zero-order valence-electron chi connectivity index (χ0n) is 35.1. The summed E-state index contributed by atoms with van der Waals surface area (Å²) < 4.78 is 70.3. The Morgan fingerprint density at radius 1 is 1.00 bits per heavy atom. The molecule has 1 N–H and O–H groups in total. The summed E-state index contributed by atoms with van der Waals surface area (Å²) in [7, 11) is 0. The van der Waals surface area contributed by atoms with Gasteiger partial charge in [0.15, 0.2) is 11.6 Å². The summed E-state index contributed by atoms with van der Waals surface area (Å²) in [5.74, 6) is -1.000. The van der Waals surface area contributed by atoms with Crippen molar-refractivity contribution in [3.63, 3.8) is 0 Å². The lowest BCUT2D eigenvalue weighted by Gasteiger charge is -2.42. The lowest BCUT2D eigenvalue weighted by Crippen LogP contribution is -2.56. The van der Waals surface area contributed by atoms with E-state index in [1.165, 1.54) is 0 Å². The Kier molecular flexibility index (Phi) is 10.3. The third-order valence-corrected chi connectivity index (χ3v) is 13.2. The van der Waals surface area contributed by atoms with Gasteiger partial charge in [-0.1, -0.05) is 0 Å². The van der Waals surface area contributed by atoms with Gasteiger partial charge in [0.25, 0.3) is 0 Å². The van der Waals surface area contributed by atoms with Crippen LogP contribution in [0.4, 0.5) is 33.6 Å². The molecule has 14 nitrogen and oxygen atoms in total. The molecule has 9 rings (SSSR count). The standard InChI is InChI=1S/C43H49F3N8O6S/c1-41(2,3)59-39(55)51-37-25(12-47)30-33(48-13-28(45)35(30)61-37)29-26-18-57-19-27(26)31-34(32(29)46)49-38(58-21-43(9-10-43)20-52-14-22(11-44)15-52)50-36(31)54-23-7-8-24(54)17-53(16-23)40(56)60-42(4,5)6/h13,22-24H,7-11,14-21H2,1-6H3,(H,51,55). The number of nitrogens with one attached hydrogen (secondary N) is 1. The van der Waals surface area contributed by atoms with Crippen LogP contribution in [0.3, 0.4) is 0 Å². The molecule has 2 unspecified atom stereocenters. The Hall–Kier alpha value is -4.99. The van der Waals surface area contributed by atoms with Crippen molar-refractivity contribution in [2.75, 3.05) is 56.2 Å². The number of pyridine rings is 1. The van der Waals surface area contributed by atoms with Crippen molar-refractivity contribution in [2.24, 2.45) is 11.3 Å².